The molecule has 0 saturated carbocycles. The Labute approximate surface area is 211 Å². The highest BCUT2D eigenvalue weighted by molar-refractivity contribution is 7.90. The van der Waals surface area contributed by atoms with Gasteiger partial charge in [0.15, 0.2) is 0 Å². The van der Waals surface area contributed by atoms with E-state index in [9.17, 15) is 22.4 Å². The maximum atomic E-state index is 13.6. The minimum atomic E-state index is -4.10. The van der Waals surface area contributed by atoms with Crippen molar-refractivity contribution in [2.45, 2.75) is 39.3 Å². The van der Waals surface area contributed by atoms with Crippen molar-refractivity contribution >= 4 is 39.3 Å². The minimum absolute atomic E-state index is 0.0767. The zero-order valence-corrected chi connectivity index (χ0v) is 21.9. The summed E-state index contributed by atoms with van der Waals surface area (Å²) >= 11 is 5.99. The first-order chi connectivity index (χ1) is 16.5. The van der Waals surface area contributed by atoms with Gasteiger partial charge in [-0.1, -0.05) is 37.6 Å². The second kappa shape index (κ2) is 12.9. The molecule has 0 aliphatic heterocycles. The molecular weight excluding hydrogens is 495 g/mol. The number of hydrogen-bond acceptors (Lipinski definition) is 4. The summed E-state index contributed by atoms with van der Waals surface area (Å²) in [6.07, 6.45) is 1.05. The number of benzene rings is 2. The van der Waals surface area contributed by atoms with Crippen LogP contribution in [0.4, 0.5) is 10.1 Å². The lowest BCUT2D eigenvalue weighted by molar-refractivity contribution is -0.140. The molecule has 1 unspecified atom stereocenters. The molecule has 2 amide bonds. The van der Waals surface area contributed by atoms with Crippen molar-refractivity contribution < 1.29 is 22.4 Å². The van der Waals surface area contributed by atoms with Crippen LogP contribution in [0.25, 0.3) is 0 Å². The first-order valence-corrected chi connectivity index (χ1v) is 13.1. The van der Waals surface area contributed by atoms with Crippen LogP contribution in [0, 0.1) is 5.82 Å². The molecule has 192 valence electrons. The highest BCUT2D eigenvalue weighted by Crippen LogP contribution is 2.22. The molecule has 0 aliphatic carbocycles. The number of carbonyl (C=O) groups is 2. The summed E-state index contributed by atoms with van der Waals surface area (Å²) in [5.41, 5.74) is 0.858. The topological polar surface area (TPSA) is 90.0 Å². The van der Waals surface area contributed by atoms with Crippen LogP contribution in [0.15, 0.2) is 48.5 Å². The Kier molecular flexibility index (Phi) is 10.5. The van der Waals surface area contributed by atoms with Gasteiger partial charge in [-0.05, 0) is 54.8 Å². The van der Waals surface area contributed by atoms with Crippen LogP contribution in [0.3, 0.4) is 0 Å². The van der Waals surface area contributed by atoms with Gasteiger partial charge in [0.1, 0.15) is 18.4 Å². The molecule has 0 heterocycles. The highest BCUT2D eigenvalue weighted by atomic mass is 35.5. The van der Waals surface area contributed by atoms with Crippen molar-refractivity contribution in [2.75, 3.05) is 31.5 Å². The van der Waals surface area contributed by atoms with Gasteiger partial charge in [-0.25, -0.2) is 8.70 Å². The molecule has 0 saturated heterocycles. The first-order valence-electron chi connectivity index (χ1n) is 11.3. The monoisotopic (exact) mass is 526 g/mol. The van der Waals surface area contributed by atoms with Crippen molar-refractivity contribution in [3.05, 3.63) is 64.9 Å². The number of halogens is 2. The van der Waals surface area contributed by atoms with Crippen molar-refractivity contribution in [2.24, 2.45) is 0 Å². The molecule has 0 fully saturated rings. The van der Waals surface area contributed by atoms with Crippen LogP contribution in [0.5, 0.6) is 0 Å². The lowest BCUT2D eigenvalue weighted by atomic mass is 10.1. The second-order valence-corrected chi connectivity index (χ2v) is 10.6. The lowest BCUT2D eigenvalue weighted by Gasteiger charge is -2.34. The van der Waals surface area contributed by atoms with Gasteiger partial charge in [0.2, 0.25) is 11.8 Å². The Morgan fingerprint density at radius 2 is 1.63 bits per heavy atom. The van der Waals surface area contributed by atoms with Gasteiger partial charge in [-0.2, -0.15) is 12.7 Å². The standard InChI is InChI=1S/C24H32ClFN4O4S/c1-5-15-27-24(32)22(6-2)29(16-18-7-9-19(25)10-8-18)23(31)17-30(35(33,34)28(3)4)21-13-11-20(26)12-14-21/h7-14,22H,5-6,15-17H2,1-4H3,(H,27,32). The Morgan fingerprint density at radius 3 is 2.14 bits per heavy atom. The van der Waals surface area contributed by atoms with Gasteiger partial charge in [-0.3, -0.25) is 9.59 Å². The molecule has 11 heteroatoms. The number of rotatable bonds is 12. The van der Waals surface area contributed by atoms with Gasteiger partial charge >= 0.3 is 10.2 Å². The summed E-state index contributed by atoms with van der Waals surface area (Å²) in [6, 6.07) is 10.9. The van der Waals surface area contributed by atoms with Gasteiger partial charge in [0.25, 0.3) is 0 Å². The van der Waals surface area contributed by atoms with Crippen LogP contribution >= 0.6 is 11.6 Å². The highest BCUT2D eigenvalue weighted by Gasteiger charge is 2.33. The first kappa shape index (κ1) is 28.5. The van der Waals surface area contributed by atoms with Gasteiger partial charge in [0.05, 0.1) is 5.69 Å². The fourth-order valence-corrected chi connectivity index (χ4v) is 4.58. The van der Waals surface area contributed by atoms with E-state index in [1.54, 1.807) is 31.2 Å². The molecule has 0 aromatic heterocycles. The lowest BCUT2D eigenvalue weighted by Crippen LogP contribution is -2.53. The summed E-state index contributed by atoms with van der Waals surface area (Å²) in [6.45, 7) is 3.66. The zero-order chi connectivity index (χ0) is 26.2. The molecule has 0 aliphatic rings. The molecular formula is C24H32ClFN4O4S. The molecule has 1 atom stereocenters. The third-order valence-electron chi connectivity index (χ3n) is 5.33. The van der Waals surface area contributed by atoms with E-state index < -0.39 is 34.5 Å². The number of hydrogen-bond donors (Lipinski definition) is 1. The van der Waals surface area contributed by atoms with Gasteiger partial charge < -0.3 is 10.2 Å². The second-order valence-electron chi connectivity index (χ2n) is 8.14. The van der Waals surface area contributed by atoms with Crippen LogP contribution in [0.2, 0.25) is 5.02 Å². The third kappa shape index (κ3) is 7.65. The van der Waals surface area contributed by atoms with E-state index in [-0.39, 0.29) is 18.1 Å². The number of anilines is 1. The summed E-state index contributed by atoms with van der Waals surface area (Å²) in [4.78, 5) is 27.9. The minimum Gasteiger partial charge on any atom is -0.354 e. The fraction of sp³-hybridized carbons (Fsp3) is 0.417. The van der Waals surface area contributed by atoms with Crippen LogP contribution < -0.4 is 9.62 Å². The molecule has 8 nitrogen and oxygen atoms in total. The van der Waals surface area contributed by atoms with Crippen molar-refractivity contribution in [1.82, 2.24) is 14.5 Å². The molecule has 0 radical (unpaired) electrons. The normalized spacial score (nSPS) is 12.3. The molecule has 2 rings (SSSR count). The molecule has 0 spiro atoms. The predicted molar refractivity (Wildman–Crippen MR) is 136 cm³/mol. The van der Waals surface area contributed by atoms with E-state index in [2.05, 4.69) is 5.32 Å². The number of carbonyl (C=O) groups excluding carboxylic acids is 2. The van der Waals surface area contributed by atoms with E-state index in [4.69, 9.17) is 11.6 Å². The molecule has 1 N–H and O–H groups in total. The number of nitrogens with one attached hydrogen (secondary N) is 1. The predicted octanol–water partition coefficient (Wildman–Crippen LogP) is 3.43. The summed E-state index contributed by atoms with van der Waals surface area (Å²) < 4.78 is 41.5. The van der Waals surface area contributed by atoms with Crippen molar-refractivity contribution in [3.8, 4) is 0 Å². The van der Waals surface area contributed by atoms with E-state index in [1.165, 1.54) is 31.1 Å². The fourth-order valence-electron chi connectivity index (χ4n) is 3.40. The SMILES string of the molecule is CCCNC(=O)C(CC)N(Cc1ccc(Cl)cc1)C(=O)CN(c1ccc(F)cc1)S(=O)(=O)N(C)C. The molecule has 0 bridgehead atoms. The van der Waals surface area contributed by atoms with E-state index in [0.717, 1.165) is 32.7 Å². The largest absolute Gasteiger partial charge is 0.354 e. The van der Waals surface area contributed by atoms with E-state index >= 15 is 0 Å². The quantitative estimate of drug-likeness (QED) is 0.459. The van der Waals surface area contributed by atoms with Crippen LogP contribution in [-0.2, 0) is 26.3 Å². The summed E-state index contributed by atoms with van der Waals surface area (Å²) in [5.74, 6) is -1.43. The maximum absolute atomic E-state index is 13.6. The van der Waals surface area contributed by atoms with Crippen molar-refractivity contribution in [1.29, 1.82) is 0 Å². The van der Waals surface area contributed by atoms with Crippen LogP contribution in [-0.4, -0.2) is 62.7 Å². The average Bonchev–Trinajstić information content (AvgIpc) is 2.82. The maximum Gasteiger partial charge on any atom is 0.304 e. The number of nitrogens with zero attached hydrogens (tertiary/aromatic N) is 3. The average molecular weight is 527 g/mol. The summed E-state index contributed by atoms with van der Waals surface area (Å²) in [7, 11) is -1.42. The molecule has 35 heavy (non-hydrogen) atoms. The Balaban J connectivity index is 2.46. The third-order valence-corrected chi connectivity index (χ3v) is 7.41. The molecule has 2 aromatic carbocycles. The van der Waals surface area contributed by atoms with Crippen molar-refractivity contribution in [3.63, 3.8) is 0 Å². The number of amides is 2. The van der Waals surface area contributed by atoms with Gasteiger partial charge in [0, 0.05) is 32.2 Å². The molecule has 2 aromatic rings. The van der Waals surface area contributed by atoms with E-state index in [1.807, 2.05) is 6.92 Å². The van der Waals surface area contributed by atoms with Gasteiger partial charge in [-0.15, -0.1) is 0 Å². The Hall–Kier alpha value is -2.69. The van der Waals surface area contributed by atoms with E-state index in [0.29, 0.717) is 18.0 Å². The Morgan fingerprint density at radius 1 is 1.03 bits per heavy atom. The summed E-state index contributed by atoms with van der Waals surface area (Å²) in [5, 5.41) is 3.34. The van der Waals surface area contributed by atoms with Crippen LogP contribution in [0.1, 0.15) is 32.3 Å². The smallest absolute Gasteiger partial charge is 0.304 e. The zero-order valence-electron chi connectivity index (χ0n) is 20.4. The Bertz CT molecular complexity index is 1100.